The highest BCUT2D eigenvalue weighted by Crippen LogP contribution is 2.31. The lowest BCUT2D eigenvalue weighted by Gasteiger charge is -2.30. The maximum Gasteiger partial charge on any atom is 0.339 e. The Balaban J connectivity index is 2.37. The molecule has 0 aromatic heterocycles. The van der Waals surface area contributed by atoms with Crippen molar-refractivity contribution in [1.82, 2.24) is 0 Å². The Hall–Kier alpha value is -1.66. The first-order valence-corrected chi connectivity index (χ1v) is 12.0. The Morgan fingerprint density at radius 3 is 2.62 bits per heavy atom. The van der Waals surface area contributed by atoms with E-state index in [4.69, 9.17) is 9.47 Å². The van der Waals surface area contributed by atoms with Crippen LogP contribution in [0.25, 0.3) is 0 Å². The SMILES string of the molecule is COC(=O)c1cccc2c1N(COC(C)[Si](C)(C)C)C(=O)CCC2. The first-order valence-electron chi connectivity index (χ1n) is 8.38. The van der Waals surface area contributed by atoms with Crippen molar-refractivity contribution in [3.63, 3.8) is 0 Å². The highest BCUT2D eigenvalue weighted by atomic mass is 28.3. The third-order valence-corrected chi connectivity index (χ3v) is 7.21. The molecule has 1 aliphatic rings. The maximum absolute atomic E-state index is 12.6. The molecule has 1 aliphatic heterocycles. The van der Waals surface area contributed by atoms with Gasteiger partial charge in [0, 0.05) is 12.1 Å². The smallest absolute Gasteiger partial charge is 0.339 e. The van der Waals surface area contributed by atoms with Crippen molar-refractivity contribution >= 4 is 25.6 Å². The van der Waals surface area contributed by atoms with Gasteiger partial charge in [-0.1, -0.05) is 31.8 Å². The number of anilines is 1. The summed E-state index contributed by atoms with van der Waals surface area (Å²) in [5.74, 6) is -0.433. The maximum atomic E-state index is 12.6. The van der Waals surface area contributed by atoms with Crippen LogP contribution in [0.15, 0.2) is 18.2 Å². The van der Waals surface area contributed by atoms with Crippen LogP contribution in [0.2, 0.25) is 19.6 Å². The summed E-state index contributed by atoms with van der Waals surface area (Å²) in [6.07, 6.45) is 2.00. The Morgan fingerprint density at radius 2 is 2.00 bits per heavy atom. The zero-order valence-electron chi connectivity index (χ0n) is 15.2. The molecule has 2 rings (SSSR count). The van der Waals surface area contributed by atoms with Crippen LogP contribution in [0.5, 0.6) is 0 Å². The third-order valence-electron chi connectivity index (χ3n) is 4.61. The second-order valence-corrected chi connectivity index (χ2v) is 12.8. The molecule has 0 N–H and O–H groups in total. The number of nitrogens with zero attached hydrogens (tertiary/aromatic N) is 1. The fourth-order valence-corrected chi connectivity index (χ4v) is 3.22. The molecule has 0 bridgehead atoms. The number of carbonyl (C=O) groups is 2. The minimum absolute atomic E-state index is 0.00659. The number of hydrogen-bond acceptors (Lipinski definition) is 4. The molecule has 1 aromatic rings. The van der Waals surface area contributed by atoms with Gasteiger partial charge in [-0.15, -0.1) is 0 Å². The van der Waals surface area contributed by atoms with E-state index < -0.39 is 14.0 Å². The van der Waals surface area contributed by atoms with E-state index in [0.717, 1.165) is 18.4 Å². The minimum atomic E-state index is -1.47. The quantitative estimate of drug-likeness (QED) is 0.604. The molecule has 0 radical (unpaired) electrons. The van der Waals surface area contributed by atoms with Gasteiger partial charge in [0.25, 0.3) is 0 Å². The molecule has 5 nitrogen and oxygen atoms in total. The summed E-state index contributed by atoms with van der Waals surface area (Å²) in [6.45, 7) is 8.92. The van der Waals surface area contributed by atoms with Gasteiger partial charge < -0.3 is 9.47 Å². The lowest BCUT2D eigenvalue weighted by Crippen LogP contribution is -2.42. The van der Waals surface area contributed by atoms with Crippen LogP contribution in [0.3, 0.4) is 0 Å². The molecule has 0 aliphatic carbocycles. The summed E-state index contributed by atoms with van der Waals surface area (Å²) < 4.78 is 10.9. The number of carbonyl (C=O) groups excluding carboxylic acids is 2. The van der Waals surface area contributed by atoms with Crippen LogP contribution in [0, 0.1) is 0 Å². The molecule has 1 aromatic carbocycles. The lowest BCUT2D eigenvalue weighted by atomic mass is 10.0. The second kappa shape index (κ2) is 7.48. The standard InChI is InChI=1S/C18H27NO4Si/c1-13(24(3,4)5)23-12-19-16(20)11-7-9-14-8-6-10-15(17(14)19)18(21)22-2/h6,8,10,13H,7,9,11-12H2,1-5H3. The van der Waals surface area contributed by atoms with Crippen LogP contribution in [-0.2, 0) is 20.7 Å². The number of ether oxygens (including phenoxy) is 2. The molecular formula is C18H27NO4Si. The topological polar surface area (TPSA) is 55.8 Å². The van der Waals surface area contributed by atoms with E-state index in [1.807, 2.05) is 12.1 Å². The predicted molar refractivity (Wildman–Crippen MR) is 97.0 cm³/mol. The van der Waals surface area contributed by atoms with Crippen molar-refractivity contribution in [2.45, 2.75) is 51.6 Å². The fourth-order valence-electron chi connectivity index (χ4n) is 2.65. The first-order chi connectivity index (χ1) is 11.3. The van der Waals surface area contributed by atoms with E-state index in [0.29, 0.717) is 17.7 Å². The number of hydrogen-bond donors (Lipinski definition) is 0. The van der Waals surface area contributed by atoms with Gasteiger partial charge in [-0.2, -0.15) is 0 Å². The molecule has 0 spiro atoms. The van der Waals surface area contributed by atoms with Gasteiger partial charge in [0.15, 0.2) is 0 Å². The lowest BCUT2D eigenvalue weighted by molar-refractivity contribution is -0.119. The van der Waals surface area contributed by atoms with E-state index in [1.54, 1.807) is 11.0 Å². The molecule has 24 heavy (non-hydrogen) atoms. The van der Waals surface area contributed by atoms with Gasteiger partial charge in [-0.25, -0.2) is 4.79 Å². The highest BCUT2D eigenvalue weighted by molar-refractivity contribution is 6.77. The Morgan fingerprint density at radius 1 is 1.29 bits per heavy atom. The molecule has 0 saturated heterocycles. The molecule has 1 atom stereocenters. The first kappa shape index (κ1) is 18.7. The van der Waals surface area contributed by atoms with Gasteiger partial charge in [0.2, 0.25) is 5.91 Å². The summed E-state index contributed by atoms with van der Waals surface area (Å²) in [4.78, 5) is 26.4. The van der Waals surface area contributed by atoms with Crippen LogP contribution in [0.4, 0.5) is 5.69 Å². The summed E-state index contributed by atoms with van der Waals surface area (Å²) in [6, 6.07) is 5.51. The molecular weight excluding hydrogens is 322 g/mol. The molecule has 1 amide bonds. The zero-order chi connectivity index (χ0) is 17.9. The molecule has 1 heterocycles. The number of benzene rings is 1. The van der Waals surface area contributed by atoms with Crippen molar-refractivity contribution in [2.24, 2.45) is 0 Å². The van der Waals surface area contributed by atoms with Crippen molar-refractivity contribution < 1.29 is 19.1 Å². The third kappa shape index (κ3) is 4.05. The van der Waals surface area contributed by atoms with E-state index in [9.17, 15) is 9.59 Å². The monoisotopic (exact) mass is 349 g/mol. The van der Waals surface area contributed by atoms with Crippen molar-refractivity contribution in [3.05, 3.63) is 29.3 Å². The zero-order valence-corrected chi connectivity index (χ0v) is 16.2. The number of aryl methyl sites for hydroxylation is 1. The highest BCUT2D eigenvalue weighted by Gasteiger charge is 2.30. The molecule has 132 valence electrons. The molecule has 1 unspecified atom stereocenters. The number of esters is 1. The average molecular weight is 350 g/mol. The summed E-state index contributed by atoms with van der Waals surface area (Å²) in [7, 11) is -0.110. The summed E-state index contributed by atoms with van der Waals surface area (Å²) in [5.41, 5.74) is 2.18. The van der Waals surface area contributed by atoms with Crippen LogP contribution < -0.4 is 4.90 Å². The van der Waals surface area contributed by atoms with Crippen LogP contribution >= 0.6 is 0 Å². The normalized spacial score (nSPS) is 16.4. The fraction of sp³-hybridized carbons (Fsp3) is 0.556. The van der Waals surface area contributed by atoms with Crippen LogP contribution in [0.1, 0.15) is 35.7 Å². The number of rotatable bonds is 5. The van der Waals surface area contributed by atoms with Crippen molar-refractivity contribution in [2.75, 3.05) is 18.7 Å². The summed E-state index contributed by atoms with van der Waals surface area (Å²) in [5, 5.41) is 0. The number of amides is 1. The number of fused-ring (bicyclic) bond motifs is 1. The average Bonchev–Trinajstić information content (AvgIpc) is 2.69. The predicted octanol–water partition coefficient (Wildman–Crippen LogP) is 3.38. The van der Waals surface area contributed by atoms with Crippen LogP contribution in [-0.4, -0.2) is 39.5 Å². The van der Waals surface area contributed by atoms with Gasteiger partial charge in [-0.05, 0) is 31.4 Å². The Kier molecular flexibility index (Phi) is 5.82. The van der Waals surface area contributed by atoms with Gasteiger partial charge in [0.1, 0.15) is 6.73 Å². The second-order valence-electron chi connectivity index (χ2n) is 7.28. The van der Waals surface area contributed by atoms with Gasteiger partial charge >= 0.3 is 5.97 Å². The molecule has 6 heteroatoms. The molecule has 0 saturated carbocycles. The summed E-state index contributed by atoms with van der Waals surface area (Å²) >= 11 is 0. The minimum Gasteiger partial charge on any atom is -0.465 e. The van der Waals surface area contributed by atoms with E-state index >= 15 is 0 Å². The molecule has 0 fully saturated rings. The Labute approximate surface area is 144 Å². The van der Waals surface area contributed by atoms with Crippen molar-refractivity contribution in [1.29, 1.82) is 0 Å². The van der Waals surface area contributed by atoms with E-state index in [1.165, 1.54) is 7.11 Å². The van der Waals surface area contributed by atoms with E-state index in [2.05, 4.69) is 26.6 Å². The van der Waals surface area contributed by atoms with Crippen molar-refractivity contribution in [3.8, 4) is 0 Å². The largest absolute Gasteiger partial charge is 0.465 e. The van der Waals surface area contributed by atoms with Gasteiger partial charge in [0.05, 0.1) is 26.4 Å². The van der Waals surface area contributed by atoms with Gasteiger partial charge in [-0.3, -0.25) is 9.69 Å². The number of methoxy groups -OCH3 is 1. The van der Waals surface area contributed by atoms with E-state index in [-0.39, 0.29) is 18.4 Å². The number of para-hydroxylation sites is 1. The Bertz CT molecular complexity index is 624.